The van der Waals surface area contributed by atoms with Gasteiger partial charge in [-0.25, -0.2) is 4.39 Å². The molecule has 1 nitrogen and oxygen atoms in total. The fourth-order valence-electron chi connectivity index (χ4n) is 1.07. The van der Waals surface area contributed by atoms with E-state index in [9.17, 15) is 4.39 Å². The van der Waals surface area contributed by atoms with Crippen LogP contribution in [0, 0.1) is 0 Å². The van der Waals surface area contributed by atoms with Gasteiger partial charge in [0, 0.05) is 6.04 Å². The monoisotopic (exact) mass is 161 g/mol. The second-order valence-corrected chi connectivity index (χ2v) is 3.40. The third-order valence-electron chi connectivity index (χ3n) is 1.76. The van der Waals surface area contributed by atoms with Crippen molar-refractivity contribution in [2.75, 3.05) is 0 Å². The summed E-state index contributed by atoms with van der Waals surface area (Å²) in [5.41, 5.74) is 5.56. The van der Waals surface area contributed by atoms with E-state index in [1.165, 1.54) is 0 Å². The minimum Gasteiger partial charge on any atom is -0.328 e. The van der Waals surface area contributed by atoms with E-state index in [-0.39, 0.29) is 0 Å². The summed E-state index contributed by atoms with van der Waals surface area (Å²) in [6.07, 6.45) is 4.41. The maximum Gasteiger partial charge on any atom is 0.0973 e. The van der Waals surface area contributed by atoms with Crippen molar-refractivity contribution in [2.24, 2.45) is 5.73 Å². The molecule has 0 amide bonds. The van der Waals surface area contributed by atoms with Crippen molar-refractivity contribution in [3.8, 4) is 0 Å². The molecule has 0 bridgehead atoms. The summed E-state index contributed by atoms with van der Waals surface area (Å²) in [6.45, 7) is 3.63. The molecule has 0 aliphatic rings. The molecule has 11 heavy (non-hydrogen) atoms. The number of rotatable bonds is 6. The zero-order valence-electron chi connectivity index (χ0n) is 7.65. The Hall–Kier alpha value is -0.110. The Labute approximate surface area is 69.2 Å². The maximum atomic E-state index is 12.3. The Bertz CT molecular complexity index is 71.6. The Morgan fingerprint density at radius 3 is 2.09 bits per heavy atom. The minimum absolute atomic E-state index is 0.304. The summed E-state index contributed by atoms with van der Waals surface area (Å²) in [4.78, 5) is 0. The zero-order valence-corrected chi connectivity index (χ0v) is 7.65. The largest absolute Gasteiger partial charge is 0.328 e. The fraction of sp³-hybridized carbons (Fsp3) is 1.00. The van der Waals surface area contributed by atoms with Crippen LogP contribution in [0.2, 0.25) is 0 Å². The fourth-order valence-corrected chi connectivity index (χ4v) is 1.07. The second-order valence-electron chi connectivity index (χ2n) is 3.40. The van der Waals surface area contributed by atoms with Gasteiger partial charge in [0.1, 0.15) is 0 Å². The number of unbranched alkanes of at least 4 members (excludes halogenated alkanes) is 2. The number of nitrogens with two attached hydrogens (primary N) is 1. The van der Waals surface area contributed by atoms with Crippen LogP contribution in [0.4, 0.5) is 4.39 Å². The van der Waals surface area contributed by atoms with Gasteiger partial charge in [-0.2, -0.15) is 0 Å². The third-order valence-corrected chi connectivity index (χ3v) is 1.76. The maximum absolute atomic E-state index is 12.3. The Kier molecular flexibility index (Phi) is 6.52. The lowest BCUT2D eigenvalue weighted by Gasteiger charge is -2.04. The lowest BCUT2D eigenvalue weighted by atomic mass is 10.1. The van der Waals surface area contributed by atoms with Crippen LogP contribution in [0.15, 0.2) is 0 Å². The van der Waals surface area contributed by atoms with Gasteiger partial charge in [-0.15, -0.1) is 0 Å². The van der Waals surface area contributed by atoms with Gasteiger partial charge in [0.2, 0.25) is 0 Å². The summed E-state index contributed by atoms with van der Waals surface area (Å²) < 4.78 is 12.3. The quantitative estimate of drug-likeness (QED) is 0.595. The van der Waals surface area contributed by atoms with Crippen molar-refractivity contribution < 1.29 is 4.39 Å². The van der Waals surface area contributed by atoms with Crippen molar-refractivity contribution >= 4 is 0 Å². The molecule has 0 aromatic carbocycles. The second kappa shape index (κ2) is 6.59. The molecule has 68 valence electrons. The molecule has 2 heteroatoms. The number of alkyl halides is 1. The van der Waals surface area contributed by atoms with Crippen LogP contribution in [0.3, 0.4) is 0 Å². The van der Waals surface area contributed by atoms with E-state index >= 15 is 0 Å². The van der Waals surface area contributed by atoms with Crippen LogP contribution in [-0.2, 0) is 0 Å². The van der Waals surface area contributed by atoms with Gasteiger partial charge in [0.05, 0.1) is 6.17 Å². The predicted octanol–water partition coefficient (Wildman–Crippen LogP) is 2.64. The number of hydrogen-bond donors (Lipinski definition) is 1. The van der Waals surface area contributed by atoms with Gasteiger partial charge < -0.3 is 5.73 Å². The lowest BCUT2D eigenvalue weighted by molar-refractivity contribution is 0.329. The van der Waals surface area contributed by atoms with Gasteiger partial charge in [-0.1, -0.05) is 19.3 Å². The van der Waals surface area contributed by atoms with Crippen molar-refractivity contribution in [1.29, 1.82) is 0 Å². The molecule has 2 unspecified atom stereocenters. The Morgan fingerprint density at radius 2 is 1.64 bits per heavy atom. The van der Waals surface area contributed by atoms with Gasteiger partial charge >= 0.3 is 0 Å². The standard InChI is InChI=1S/C9H20FN/c1-8(10)6-4-3-5-7-9(2)11/h8-9H,3-7,11H2,1-2H3. The van der Waals surface area contributed by atoms with Crippen molar-refractivity contribution in [3.63, 3.8) is 0 Å². The van der Waals surface area contributed by atoms with Crippen molar-refractivity contribution in [3.05, 3.63) is 0 Å². The van der Waals surface area contributed by atoms with Crippen LogP contribution in [0.25, 0.3) is 0 Å². The molecule has 0 aromatic rings. The third kappa shape index (κ3) is 9.89. The summed E-state index contributed by atoms with van der Waals surface area (Å²) in [7, 11) is 0. The topological polar surface area (TPSA) is 26.0 Å². The molecule has 0 spiro atoms. The molecule has 0 aliphatic heterocycles. The molecule has 0 saturated carbocycles. The van der Waals surface area contributed by atoms with Crippen LogP contribution < -0.4 is 5.73 Å². The molecular weight excluding hydrogens is 141 g/mol. The average Bonchev–Trinajstić information content (AvgIpc) is 1.85. The lowest BCUT2D eigenvalue weighted by Crippen LogP contribution is -2.13. The molecule has 0 aliphatic carbocycles. The molecule has 0 aromatic heterocycles. The van der Waals surface area contributed by atoms with E-state index in [4.69, 9.17) is 5.73 Å². The molecule has 0 heterocycles. The minimum atomic E-state index is -0.634. The molecule has 0 radical (unpaired) electrons. The first-order valence-corrected chi connectivity index (χ1v) is 4.52. The van der Waals surface area contributed by atoms with E-state index in [1.54, 1.807) is 6.92 Å². The highest BCUT2D eigenvalue weighted by molar-refractivity contribution is 4.54. The smallest absolute Gasteiger partial charge is 0.0973 e. The first-order chi connectivity index (χ1) is 5.13. The van der Waals surface area contributed by atoms with E-state index < -0.39 is 6.17 Å². The van der Waals surface area contributed by atoms with E-state index in [1.807, 2.05) is 6.92 Å². The highest BCUT2D eigenvalue weighted by Crippen LogP contribution is 2.08. The van der Waals surface area contributed by atoms with Gasteiger partial charge in [0.15, 0.2) is 0 Å². The van der Waals surface area contributed by atoms with Crippen molar-refractivity contribution in [1.82, 2.24) is 0 Å². The predicted molar refractivity (Wildman–Crippen MR) is 47.3 cm³/mol. The molecule has 2 atom stereocenters. The normalized spacial score (nSPS) is 16.4. The van der Waals surface area contributed by atoms with Crippen molar-refractivity contribution in [2.45, 2.75) is 58.2 Å². The van der Waals surface area contributed by atoms with Gasteiger partial charge in [-0.05, 0) is 26.7 Å². The van der Waals surface area contributed by atoms with Crippen LogP contribution in [0.1, 0.15) is 46.0 Å². The SMILES string of the molecule is CC(N)CCCCCC(C)F. The molecule has 0 saturated heterocycles. The van der Waals surface area contributed by atoms with Gasteiger partial charge in [-0.3, -0.25) is 0 Å². The first-order valence-electron chi connectivity index (χ1n) is 4.52. The number of halogens is 1. The van der Waals surface area contributed by atoms with Crippen LogP contribution in [0.5, 0.6) is 0 Å². The molecule has 2 N–H and O–H groups in total. The molecule has 0 fully saturated rings. The van der Waals surface area contributed by atoms with E-state index in [2.05, 4.69) is 0 Å². The Morgan fingerprint density at radius 1 is 1.09 bits per heavy atom. The zero-order chi connectivity index (χ0) is 8.69. The first kappa shape index (κ1) is 10.9. The Balaban J connectivity index is 2.91. The van der Waals surface area contributed by atoms with E-state index in [0.29, 0.717) is 12.5 Å². The van der Waals surface area contributed by atoms with Crippen LogP contribution in [-0.4, -0.2) is 12.2 Å². The van der Waals surface area contributed by atoms with Crippen LogP contribution >= 0.6 is 0 Å². The highest BCUT2D eigenvalue weighted by atomic mass is 19.1. The highest BCUT2D eigenvalue weighted by Gasteiger charge is 1.98. The molecular formula is C9H20FN. The molecule has 0 rings (SSSR count). The average molecular weight is 161 g/mol. The summed E-state index contributed by atoms with van der Waals surface area (Å²) in [5.74, 6) is 0. The summed E-state index contributed by atoms with van der Waals surface area (Å²) in [5, 5.41) is 0. The summed E-state index contributed by atoms with van der Waals surface area (Å²) in [6, 6.07) is 0.304. The van der Waals surface area contributed by atoms with Gasteiger partial charge in [0.25, 0.3) is 0 Å². The van der Waals surface area contributed by atoms with E-state index in [0.717, 1.165) is 25.7 Å². The summed E-state index contributed by atoms with van der Waals surface area (Å²) >= 11 is 0. The number of hydrogen-bond acceptors (Lipinski definition) is 1.